The third-order valence-corrected chi connectivity index (χ3v) is 3.40. The van der Waals surface area contributed by atoms with Gasteiger partial charge in [-0.2, -0.15) is 0 Å². The lowest BCUT2D eigenvalue weighted by Gasteiger charge is -2.25. The number of carbonyl (C=O) groups is 3. The Morgan fingerprint density at radius 1 is 1.22 bits per heavy atom. The van der Waals surface area contributed by atoms with E-state index in [9.17, 15) is 27.6 Å². The number of anilines is 1. The molecule has 0 bridgehead atoms. The van der Waals surface area contributed by atoms with Gasteiger partial charge in [-0.1, -0.05) is 0 Å². The number of aliphatic carboxylic acids is 1. The molecule has 1 aromatic rings. The first-order valence-electron chi connectivity index (χ1n) is 7.85. The molecule has 0 heterocycles. The van der Waals surface area contributed by atoms with Crippen LogP contribution >= 0.6 is 0 Å². The fourth-order valence-corrected chi connectivity index (χ4v) is 2.07. The monoisotopic (exact) mass is 391 g/mol. The third kappa shape index (κ3) is 8.90. The minimum Gasteiger partial charge on any atom is -0.480 e. The molecule has 1 unspecified atom stereocenters. The van der Waals surface area contributed by atoms with Gasteiger partial charge in [-0.15, -0.1) is 13.2 Å². The Morgan fingerprint density at radius 3 is 2.30 bits per heavy atom. The van der Waals surface area contributed by atoms with Crippen molar-refractivity contribution in [3.8, 4) is 5.75 Å². The van der Waals surface area contributed by atoms with Crippen molar-refractivity contribution in [2.24, 2.45) is 0 Å². The lowest BCUT2D eigenvalue weighted by Crippen LogP contribution is -2.46. The van der Waals surface area contributed by atoms with Gasteiger partial charge in [0.25, 0.3) is 0 Å². The summed E-state index contributed by atoms with van der Waals surface area (Å²) in [6.07, 6.45) is -4.81. The molecule has 0 radical (unpaired) electrons. The molecule has 3 N–H and O–H groups in total. The molecule has 1 aromatic carbocycles. The van der Waals surface area contributed by atoms with E-state index in [-0.39, 0.29) is 31.2 Å². The highest BCUT2D eigenvalue weighted by atomic mass is 19.4. The molecule has 1 atom stereocenters. The highest BCUT2D eigenvalue weighted by molar-refractivity contribution is 5.92. The molecule has 2 amide bonds. The Bertz CT molecular complexity index is 664. The smallest absolute Gasteiger partial charge is 0.480 e. The van der Waals surface area contributed by atoms with Crippen molar-refractivity contribution < 1.29 is 37.4 Å². The number of hydrogen-bond donors (Lipinski definition) is 3. The zero-order valence-corrected chi connectivity index (χ0v) is 14.7. The van der Waals surface area contributed by atoms with E-state index in [0.717, 1.165) is 12.1 Å². The van der Waals surface area contributed by atoms with Gasteiger partial charge in [-0.05, 0) is 31.2 Å². The molecule has 0 spiro atoms. The second-order valence-corrected chi connectivity index (χ2v) is 5.59. The molecular weight excluding hydrogens is 371 g/mol. The Kier molecular flexibility index (Phi) is 8.03. The maximum atomic E-state index is 12.1. The molecule has 27 heavy (non-hydrogen) atoms. The van der Waals surface area contributed by atoms with Crippen LogP contribution in [0.5, 0.6) is 5.75 Å². The number of ether oxygens (including phenoxy) is 1. The molecular formula is C16H20F3N3O5. The van der Waals surface area contributed by atoms with Crippen LogP contribution in [-0.4, -0.2) is 59.8 Å². The number of benzene rings is 1. The van der Waals surface area contributed by atoms with E-state index in [1.807, 2.05) is 0 Å². The molecule has 1 rings (SSSR count). The van der Waals surface area contributed by atoms with Gasteiger partial charge in [-0.25, -0.2) is 0 Å². The molecule has 150 valence electrons. The summed E-state index contributed by atoms with van der Waals surface area (Å²) in [4.78, 5) is 35.5. The van der Waals surface area contributed by atoms with Crippen molar-refractivity contribution in [1.29, 1.82) is 0 Å². The summed E-state index contributed by atoms with van der Waals surface area (Å²) in [5, 5.41) is 14.1. The number of alkyl halides is 3. The zero-order valence-electron chi connectivity index (χ0n) is 14.7. The SMILES string of the molecule is CC(=O)NCCN(CC(=O)Nc1ccc(OC(F)(F)F)cc1)C(C)C(=O)O. The number of nitrogens with zero attached hydrogens (tertiary/aromatic N) is 1. The first kappa shape index (κ1) is 22.2. The predicted molar refractivity (Wildman–Crippen MR) is 89.1 cm³/mol. The van der Waals surface area contributed by atoms with Gasteiger partial charge >= 0.3 is 12.3 Å². The van der Waals surface area contributed by atoms with Gasteiger partial charge in [-0.3, -0.25) is 19.3 Å². The summed E-state index contributed by atoms with van der Waals surface area (Å²) >= 11 is 0. The average molecular weight is 391 g/mol. The number of amides is 2. The summed E-state index contributed by atoms with van der Waals surface area (Å²) in [6, 6.07) is 3.55. The minimum atomic E-state index is -4.81. The molecule has 8 nitrogen and oxygen atoms in total. The second-order valence-electron chi connectivity index (χ2n) is 5.59. The van der Waals surface area contributed by atoms with Gasteiger partial charge < -0.3 is 20.5 Å². The van der Waals surface area contributed by atoms with Crippen LogP contribution in [0.1, 0.15) is 13.8 Å². The third-order valence-electron chi connectivity index (χ3n) is 3.40. The van der Waals surface area contributed by atoms with Gasteiger partial charge in [0.2, 0.25) is 11.8 Å². The molecule has 0 saturated carbocycles. The molecule has 0 fully saturated rings. The topological polar surface area (TPSA) is 108 Å². The summed E-state index contributed by atoms with van der Waals surface area (Å²) in [5.74, 6) is -2.42. The molecule has 0 aromatic heterocycles. The standard InChI is InChI=1S/C16H20F3N3O5/c1-10(15(25)26)22(8-7-20-11(2)23)9-14(24)21-12-3-5-13(6-4-12)27-16(17,18)19/h3-6,10H,7-9H2,1-2H3,(H,20,23)(H,21,24)(H,25,26). The number of rotatable bonds is 9. The predicted octanol–water partition coefficient (Wildman–Crippen LogP) is 1.43. The Hall–Kier alpha value is -2.82. The number of hydrogen-bond acceptors (Lipinski definition) is 5. The molecule has 11 heteroatoms. The second kappa shape index (κ2) is 9.76. The molecule has 0 aliphatic carbocycles. The van der Waals surface area contributed by atoms with Gasteiger partial charge in [0.05, 0.1) is 6.54 Å². The number of carbonyl (C=O) groups excluding carboxylic acids is 2. The van der Waals surface area contributed by atoms with Crippen LogP contribution in [0.2, 0.25) is 0 Å². The van der Waals surface area contributed by atoms with E-state index in [0.29, 0.717) is 0 Å². The van der Waals surface area contributed by atoms with E-state index in [4.69, 9.17) is 5.11 Å². The van der Waals surface area contributed by atoms with Crippen molar-refractivity contribution in [1.82, 2.24) is 10.2 Å². The number of carboxylic acids is 1. The van der Waals surface area contributed by atoms with Crippen molar-refractivity contribution in [2.75, 3.05) is 25.0 Å². The van der Waals surface area contributed by atoms with E-state index in [2.05, 4.69) is 15.4 Å². The fraction of sp³-hybridized carbons (Fsp3) is 0.438. The lowest BCUT2D eigenvalue weighted by atomic mass is 10.2. The van der Waals surface area contributed by atoms with Crippen LogP contribution < -0.4 is 15.4 Å². The highest BCUT2D eigenvalue weighted by Crippen LogP contribution is 2.23. The van der Waals surface area contributed by atoms with Gasteiger partial charge in [0, 0.05) is 25.7 Å². The van der Waals surface area contributed by atoms with Crippen molar-refractivity contribution >= 4 is 23.5 Å². The number of nitrogens with one attached hydrogen (secondary N) is 2. The maximum absolute atomic E-state index is 12.1. The summed E-state index contributed by atoms with van der Waals surface area (Å²) in [5.41, 5.74) is 0.222. The minimum absolute atomic E-state index is 0.124. The zero-order chi connectivity index (χ0) is 20.6. The highest BCUT2D eigenvalue weighted by Gasteiger charge is 2.31. The van der Waals surface area contributed by atoms with Crippen LogP contribution in [0.3, 0.4) is 0 Å². The van der Waals surface area contributed by atoms with Crippen LogP contribution in [0.15, 0.2) is 24.3 Å². The first-order valence-corrected chi connectivity index (χ1v) is 7.85. The molecule has 0 aliphatic rings. The van der Waals surface area contributed by atoms with Crippen molar-refractivity contribution in [2.45, 2.75) is 26.3 Å². The van der Waals surface area contributed by atoms with E-state index in [1.54, 1.807) is 0 Å². The fourth-order valence-electron chi connectivity index (χ4n) is 2.07. The lowest BCUT2D eigenvalue weighted by molar-refractivity contribution is -0.274. The number of carboxylic acid groups (broad SMARTS) is 1. The van der Waals surface area contributed by atoms with Crippen LogP contribution in [0.25, 0.3) is 0 Å². The van der Waals surface area contributed by atoms with Crippen molar-refractivity contribution in [3.63, 3.8) is 0 Å². The van der Waals surface area contributed by atoms with Crippen molar-refractivity contribution in [3.05, 3.63) is 24.3 Å². The summed E-state index contributed by atoms with van der Waals surface area (Å²) in [7, 11) is 0. The van der Waals surface area contributed by atoms with Gasteiger partial charge in [0.1, 0.15) is 11.8 Å². The average Bonchev–Trinajstić information content (AvgIpc) is 2.53. The Labute approximate surface area is 153 Å². The maximum Gasteiger partial charge on any atom is 0.573 e. The quantitative estimate of drug-likeness (QED) is 0.588. The Balaban J connectivity index is 2.66. The van der Waals surface area contributed by atoms with Crippen LogP contribution in [0, 0.1) is 0 Å². The van der Waals surface area contributed by atoms with Gasteiger partial charge in [0.15, 0.2) is 0 Å². The largest absolute Gasteiger partial charge is 0.573 e. The van der Waals surface area contributed by atoms with E-state index < -0.39 is 30.0 Å². The van der Waals surface area contributed by atoms with E-state index >= 15 is 0 Å². The summed E-state index contributed by atoms with van der Waals surface area (Å²) in [6.45, 7) is 2.70. The molecule has 0 aliphatic heterocycles. The Morgan fingerprint density at radius 2 is 1.81 bits per heavy atom. The van der Waals surface area contributed by atoms with E-state index in [1.165, 1.54) is 30.9 Å². The van der Waals surface area contributed by atoms with Crippen LogP contribution in [0.4, 0.5) is 18.9 Å². The first-order chi connectivity index (χ1) is 12.5. The number of halogens is 3. The molecule has 0 saturated heterocycles. The summed E-state index contributed by atoms with van der Waals surface area (Å²) < 4.78 is 40.1. The van der Waals surface area contributed by atoms with Crippen LogP contribution in [-0.2, 0) is 14.4 Å². The normalized spacial score (nSPS) is 12.4.